The first-order valence-electron chi connectivity index (χ1n) is 13.5. The molecule has 1 saturated carbocycles. The molecule has 5 rings (SSSR count). The number of hydrogen-bond donors (Lipinski definition) is 1. The lowest BCUT2D eigenvalue weighted by Crippen LogP contribution is -2.48. The van der Waals surface area contributed by atoms with Gasteiger partial charge in [-0.05, 0) is 48.4 Å². The van der Waals surface area contributed by atoms with Crippen LogP contribution in [0.25, 0.3) is 0 Å². The summed E-state index contributed by atoms with van der Waals surface area (Å²) in [5, 5.41) is 0. The number of hydrogen-bond acceptors (Lipinski definition) is 3. The van der Waals surface area contributed by atoms with Crippen LogP contribution in [-0.2, 0) is 10.2 Å². The molecule has 1 amide bonds. The molecular weight excluding hydrogens is 458 g/mol. The average molecular weight is 497 g/mol. The highest BCUT2D eigenvalue weighted by Crippen LogP contribution is 2.48. The first-order valence-corrected chi connectivity index (χ1v) is 13.5. The number of ether oxygens (including phenoxy) is 1. The second kappa shape index (κ2) is 11.2. The molecule has 1 heterocycles. The standard InChI is InChI=1S/C32H37N3O2/c1-25-34(20-11-23-37-30-16-9-4-10-17-30)21-22-35(25)29-19-18-28(24-29)32(31(33)36,26-12-5-2-6-13-26)27-14-7-3-8-15-27/h2-10,12-17,28-29H,11,18-24H2,1H3,(H-,33,36)/p+1/t28-,29+/m1/s1. The van der Waals surface area contributed by atoms with Crippen LogP contribution in [0.15, 0.2) is 91.0 Å². The van der Waals surface area contributed by atoms with Gasteiger partial charge >= 0.3 is 0 Å². The highest BCUT2D eigenvalue weighted by molar-refractivity contribution is 5.91. The van der Waals surface area contributed by atoms with Crippen molar-refractivity contribution in [2.75, 3.05) is 26.2 Å². The molecule has 0 aromatic heterocycles. The highest BCUT2D eigenvalue weighted by Gasteiger charge is 2.52. The fourth-order valence-corrected chi connectivity index (χ4v) is 6.58. The zero-order chi connectivity index (χ0) is 25.7. The summed E-state index contributed by atoms with van der Waals surface area (Å²) >= 11 is 0. The van der Waals surface area contributed by atoms with Gasteiger partial charge in [0, 0.05) is 13.3 Å². The first-order chi connectivity index (χ1) is 18.1. The van der Waals surface area contributed by atoms with Crippen molar-refractivity contribution in [2.45, 2.75) is 44.1 Å². The number of nitrogens with two attached hydrogens (primary N) is 1. The Labute approximate surface area is 220 Å². The Morgan fingerprint density at radius 1 is 0.946 bits per heavy atom. The van der Waals surface area contributed by atoms with Crippen molar-refractivity contribution in [3.05, 3.63) is 102 Å². The maximum absolute atomic E-state index is 13.4. The van der Waals surface area contributed by atoms with Gasteiger partial charge in [0.2, 0.25) is 11.7 Å². The molecule has 0 bridgehead atoms. The van der Waals surface area contributed by atoms with Crippen LogP contribution in [-0.4, -0.2) is 53.5 Å². The molecule has 5 nitrogen and oxygen atoms in total. The number of para-hydroxylation sites is 1. The molecule has 2 atom stereocenters. The van der Waals surface area contributed by atoms with Gasteiger partial charge in [0.1, 0.15) is 24.3 Å². The van der Waals surface area contributed by atoms with Crippen molar-refractivity contribution in [3.63, 3.8) is 0 Å². The Bertz CT molecular complexity index is 1170. The molecular formula is C32H38N3O2+. The molecule has 0 radical (unpaired) electrons. The van der Waals surface area contributed by atoms with Crippen molar-refractivity contribution < 1.29 is 14.1 Å². The topological polar surface area (TPSA) is 58.6 Å². The number of rotatable bonds is 10. The molecule has 192 valence electrons. The van der Waals surface area contributed by atoms with Crippen LogP contribution in [0, 0.1) is 5.92 Å². The maximum Gasteiger partial charge on any atom is 0.244 e. The molecule has 3 aromatic rings. The van der Waals surface area contributed by atoms with Crippen molar-refractivity contribution in [1.29, 1.82) is 0 Å². The molecule has 1 aliphatic carbocycles. The van der Waals surface area contributed by atoms with Crippen molar-refractivity contribution in [2.24, 2.45) is 11.7 Å². The van der Waals surface area contributed by atoms with Gasteiger partial charge in [0.25, 0.3) is 0 Å². The SMILES string of the molecule is CC1=[N+](CCCOc2ccccc2)CCN1[C@H]1CC[C@@H](C(C(N)=O)(c2ccccc2)c2ccccc2)C1. The van der Waals surface area contributed by atoms with Crippen LogP contribution in [0.1, 0.15) is 43.7 Å². The van der Waals surface area contributed by atoms with Crippen molar-refractivity contribution in [3.8, 4) is 5.75 Å². The molecule has 0 unspecified atom stereocenters. The van der Waals surface area contributed by atoms with E-state index in [2.05, 4.69) is 40.7 Å². The minimum atomic E-state index is -0.820. The van der Waals surface area contributed by atoms with E-state index in [4.69, 9.17) is 10.5 Å². The lowest BCUT2D eigenvalue weighted by Gasteiger charge is -2.37. The normalized spacial score (nSPS) is 19.9. The number of nitrogens with zero attached hydrogens (tertiary/aromatic N) is 2. The largest absolute Gasteiger partial charge is 0.493 e. The molecule has 0 saturated heterocycles. The Balaban J connectivity index is 1.30. The minimum Gasteiger partial charge on any atom is -0.493 e. The minimum absolute atomic E-state index is 0.154. The Hall–Kier alpha value is -3.60. The Morgan fingerprint density at radius 3 is 2.14 bits per heavy atom. The van der Waals surface area contributed by atoms with Gasteiger partial charge in [-0.15, -0.1) is 0 Å². The molecule has 5 heteroatoms. The molecule has 2 aliphatic rings. The summed E-state index contributed by atoms with van der Waals surface area (Å²) in [7, 11) is 0. The van der Waals surface area contributed by atoms with Crippen LogP contribution < -0.4 is 10.5 Å². The Morgan fingerprint density at radius 2 is 1.54 bits per heavy atom. The maximum atomic E-state index is 13.4. The highest BCUT2D eigenvalue weighted by atomic mass is 16.5. The molecule has 1 aliphatic heterocycles. The molecule has 1 fully saturated rings. The summed E-state index contributed by atoms with van der Waals surface area (Å²) in [5.41, 5.74) is 7.48. The molecule has 37 heavy (non-hydrogen) atoms. The number of amides is 1. The summed E-state index contributed by atoms with van der Waals surface area (Å²) in [6, 6.07) is 30.8. The van der Waals surface area contributed by atoms with Gasteiger partial charge in [-0.2, -0.15) is 0 Å². The smallest absolute Gasteiger partial charge is 0.244 e. The van der Waals surface area contributed by atoms with Crippen LogP contribution in [0.5, 0.6) is 5.75 Å². The van der Waals surface area contributed by atoms with Gasteiger partial charge in [-0.1, -0.05) is 78.9 Å². The third kappa shape index (κ3) is 5.00. The number of primary amides is 1. The van der Waals surface area contributed by atoms with Crippen LogP contribution in [0.2, 0.25) is 0 Å². The quantitative estimate of drug-likeness (QED) is 0.323. The van der Waals surface area contributed by atoms with Crippen molar-refractivity contribution >= 4 is 11.7 Å². The lowest BCUT2D eigenvalue weighted by molar-refractivity contribution is -0.519. The average Bonchev–Trinajstić information content (AvgIpc) is 3.56. The summed E-state index contributed by atoms with van der Waals surface area (Å²) in [6.45, 7) is 6.02. The molecule has 0 spiro atoms. The predicted octanol–water partition coefficient (Wildman–Crippen LogP) is 4.84. The predicted molar refractivity (Wildman–Crippen MR) is 148 cm³/mol. The second-order valence-corrected chi connectivity index (χ2v) is 10.3. The zero-order valence-corrected chi connectivity index (χ0v) is 21.8. The molecule has 2 N–H and O–H groups in total. The lowest BCUT2D eigenvalue weighted by atomic mass is 9.64. The van der Waals surface area contributed by atoms with E-state index < -0.39 is 5.41 Å². The number of carbonyl (C=O) groups excluding carboxylic acids is 1. The van der Waals surface area contributed by atoms with Crippen molar-refractivity contribution in [1.82, 2.24) is 4.90 Å². The Kier molecular flexibility index (Phi) is 7.59. The third-order valence-electron chi connectivity index (χ3n) is 8.37. The summed E-state index contributed by atoms with van der Waals surface area (Å²) < 4.78 is 8.38. The van der Waals surface area contributed by atoms with Gasteiger partial charge in [0.15, 0.2) is 0 Å². The zero-order valence-electron chi connectivity index (χ0n) is 21.8. The van der Waals surface area contributed by atoms with E-state index in [1.807, 2.05) is 66.7 Å². The van der Waals surface area contributed by atoms with E-state index in [1.54, 1.807) is 0 Å². The first kappa shape index (κ1) is 25.1. The number of benzene rings is 3. The van der Waals surface area contributed by atoms with Crippen LogP contribution in [0.4, 0.5) is 0 Å². The van der Waals surface area contributed by atoms with Crippen LogP contribution >= 0.6 is 0 Å². The van der Waals surface area contributed by atoms with Gasteiger partial charge in [-0.25, -0.2) is 0 Å². The molecule has 3 aromatic carbocycles. The van der Waals surface area contributed by atoms with E-state index in [1.165, 1.54) is 5.84 Å². The summed E-state index contributed by atoms with van der Waals surface area (Å²) in [4.78, 5) is 16.0. The summed E-state index contributed by atoms with van der Waals surface area (Å²) in [6.07, 6.45) is 3.99. The number of amidine groups is 1. The van der Waals surface area contributed by atoms with E-state index >= 15 is 0 Å². The second-order valence-electron chi connectivity index (χ2n) is 10.3. The van der Waals surface area contributed by atoms with E-state index in [0.29, 0.717) is 12.6 Å². The fraction of sp³-hybridized carbons (Fsp3) is 0.375. The van der Waals surface area contributed by atoms with Gasteiger partial charge in [0.05, 0.1) is 19.2 Å². The van der Waals surface area contributed by atoms with E-state index in [-0.39, 0.29) is 11.8 Å². The number of carbonyl (C=O) groups is 1. The monoisotopic (exact) mass is 496 g/mol. The van der Waals surface area contributed by atoms with Crippen LogP contribution in [0.3, 0.4) is 0 Å². The fourth-order valence-electron chi connectivity index (χ4n) is 6.58. The van der Waals surface area contributed by atoms with E-state index in [0.717, 1.165) is 62.2 Å². The third-order valence-corrected chi connectivity index (χ3v) is 8.37. The van der Waals surface area contributed by atoms with Gasteiger partial charge < -0.3 is 10.5 Å². The van der Waals surface area contributed by atoms with Gasteiger partial charge in [-0.3, -0.25) is 14.3 Å². The summed E-state index contributed by atoms with van der Waals surface area (Å²) in [5.74, 6) is 2.17. The van der Waals surface area contributed by atoms with E-state index in [9.17, 15) is 4.79 Å².